The van der Waals surface area contributed by atoms with Gasteiger partial charge in [-0.05, 0) is 17.9 Å². The fraction of sp³-hybridized carbons (Fsp3) is 0.462. The van der Waals surface area contributed by atoms with Crippen LogP contribution in [0.5, 0.6) is 0 Å². The quantitative estimate of drug-likeness (QED) is 0.833. The van der Waals surface area contributed by atoms with Crippen molar-refractivity contribution in [1.82, 2.24) is 10.2 Å². The summed E-state index contributed by atoms with van der Waals surface area (Å²) in [5.74, 6) is 1.65. The lowest BCUT2D eigenvalue weighted by Gasteiger charge is -2.16. The maximum absolute atomic E-state index is 12.3. The summed E-state index contributed by atoms with van der Waals surface area (Å²) in [4.78, 5) is 14.2. The van der Waals surface area contributed by atoms with Crippen molar-refractivity contribution < 1.29 is 9.21 Å². The smallest absolute Gasteiger partial charge is 0.290 e. The Hall–Kier alpha value is -1.55. The molecule has 0 bridgehead atoms. The van der Waals surface area contributed by atoms with Crippen molar-refractivity contribution in [2.45, 2.75) is 0 Å². The number of fused-ring (bicyclic) bond motifs is 1. The Morgan fingerprint density at radius 3 is 2.82 bits per heavy atom. The molecule has 0 saturated carbocycles. The predicted octanol–water partition coefficient (Wildman–Crippen LogP) is 1.21. The minimum Gasteiger partial charge on any atom is -0.459 e. The summed E-state index contributed by atoms with van der Waals surface area (Å²) in [6.07, 6.45) is 3.21. The van der Waals surface area contributed by atoms with Gasteiger partial charge in [-0.25, -0.2) is 0 Å². The Bertz CT molecular complexity index is 440. The number of hydrogen-bond acceptors (Lipinski definition) is 3. The van der Waals surface area contributed by atoms with Crippen LogP contribution in [0.3, 0.4) is 0 Å². The van der Waals surface area contributed by atoms with E-state index in [0.717, 1.165) is 31.7 Å². The third kappa shape index (κ3) is 1.69. The van der Waals surface area contributed by atoms with E-state index in [2.05, 4.69) is 11.9 Å². The highest BCUT2D eigenvalue weighted by molar-refractivity contribution is 5.95. The third-order valence-corrected chi connectivity index (χ3v) is 3.79. The van der Waals surface area contributed by atoms with Crippen molar-refractivity contribution in [1.29, 1.82) is 0 Å². The summed E-state index contributed by atoms with van der Waals surface area (Å²) in [5.41, 5.74) is 0.783. The molecule has 1 aromatic heterocycles. The van der Waals surface area contributed by atoms with Gasteiger partial charge in [-0.1, -0.05) is 12.7 Å². The van der Waals surface area contributed by atoms with E-state index in [1.807, 2.05) is 4.90 Å². The fourth-order valence-electron chi connectivity index (χ4n) is 2.82. The first-order valence-corrected chi connectivity index (χ1v) is 5.99. The molecule has 2 saturated heterocycles. The minimum absolute atomic E-state index is 0.000648. The van der Waals surface area contributed by atoms with Crippen molar-refractivity contribution in [3.05, 3.63) is 30.2 Å². The van der Waals surface area contributed by atoms with E-state index < -0.39 is 0 Å². The molecule has 1 amide bonds. The molecule has 0 aliphatic carbocycles. The van der Waals surface area contributed by atoms with Crippen molar-refractivity contribution in [2.24, 2.45) is 11.8 Å². The summed E-state index contributed by atoms with van der Waals surface area (Å²) in [7, 11) is 0. The number of carbonyl (C=O) groups is 1. The lowest BCUT2D eigenvalue weighted by atomic mass is 10.0. The zero-order chi connectivity index (χ0) is 11.8. The number of carbonyl (C=O) groups excluding carboxylic acids is 1. The van der Waals surface area contributed by atoms with E-state index in [-0.39, 0.29) is 5.91 Å². The highest BCUT2D eigenvalue weighted by Gasteiger charge is 2.39. The largest absolute Gasteiger partial charge is 0.459 e. The maximum atomic E-state index is 12.3. The van der Waals surface area contributed by atoms with E-state index in [4.69, 9.17) is 4.42 Å². The Balaban J connectivity index is 1.77. The Labute approximate surface area is 100 Å². The second kappa shape index (κ2) is 4.04. The van der Waals surface area contributed by atoms with E-state index in [1.165, 1.54) is 0 Å². The third-order valence-electron chi connectivity index (χ3n) is 3.79. The number of rotatable bonds is 2. The molecule has 2 fully saturated rings. The van der Waals surface area contributed by atoms with Crippen LogP contribution in [0.1, 0.15) is 16.1 Å². The molecule has 0 radical (unpaired) electrons. The summed E-state index contributed by atoms with van der Waals surface area (Å²) in [6, 6.07) is 1.78. The van der Waals surface area contributed by atoms with Crippen LogP contribution in [-0.2, 0) is 0 Å². The molecular weight excluding hydrogens is 216 g/mol. The first-order valence-electron chi connectivity index (χ1n) is 5.99. The van der Waals surface area contributed by atoms with Crippen LogP contribution in [0.15, 0.2) is 23.3 Å². The van der Waals surface area contributed by atoms with E-state index >= 15 is 0 Å². The van der Waals surface area contributed by atoms with Gasteiger partial charge >= 0.3 is 0 Å². The predicted molar refractivity (Wildman–Crippen MR) is 64.6 cm³/mol. The Morgan fingerprint density at radius 1 is 1.47 bits per heavy atom. The zero-order valence-electron chi connectivity index (χ0n) is 9.69. The maximum Gasteiger partial charge on any atom is 0.290 e. The van der Waals surface area contributed by atoms with Crippen molar-refractivity contribution in [2.75, 3.05) is 26.2 Å². The van der Waals surface area contributed by atoms with Crippen molar-refractivity contribution >= 4 is 12.0 Å². The lowest BCUT2D eigenvalue weighted by molar-refractivity contribution is 0.0749. The van der Waals surface area contributed by atoms with E-state index in [1.54, 1.807) is 18.4 Å². The standard InChI is InChI=1S/C13H16N2O2/c1-2-9-3-4-17-12(9)13(16)15-7-10-5-14-6-11(10)8-15/h2-4,10-11,14H,1,5-8H2. The number of nitrogens with one attached hydrogen (secondary N) is 1. The minimum atomic E-state index is -0.000648. The van der Waals surface area contributed by atoms with Crippen LogP contribution in [-0.4, -0.2) is 37.0 Å². The highest BCUT2D eigenvalue weighted by Crippen LogP contribution is 2.28. The van der Waals surface area contributed by atoms with Crippen LogP contribution < -0.4 is 5.32 Å². The number of likely N-dealkylation sites (tertiary alicyclic amines) is 1. The van der Waals surface area contributed by atoms with Gasteiger partial charge in [0.1, 0.15) is 0 Å². The number of amides is 1. The molecule has 3 heterocycles. The molecule has 2 aliphatic rings. The van der Waals surface area contributed by atoms with Gasteiger partial charge in [0.25, 0.3) is 5.91 Å². The van der Waals surface area contributed by atoms with Crippen molar-refractivity contribution in [3.63, 3.8) is 0 Å². The molecule has 4 nitrogen and oxygen atoms in total. The Morgan fingerprint density at radius 2 is 2.18 bits per heavy atom. The van der Waals surface area contributed by atoms with Gasteiger partial charge in [0, 0.05) is 31.7 Å². The van der Waals surface area contributed by atoms with Crippen LogP contribution in [0.25, 0.3) is 6.08 Å². The van der Waals surface area contributed by atoms with Gasteiger partial charge in [0.15, 0.2) is 5.76 Å². The van der Waals surface area contributed by atoms with Gasteiger partial charge < -0.3 is 14.6 Å². The van der Waals surface area contributed by atoms with Crippen LogP contribution >= 0.6 is 0 Å². The van der Waals surface area contributed by atoms with Crippen LogP contribution in [0, 0.1) is 11.8 Å². The zero-order valence-corrected chi connectivity index (χ0v) is 9.69. The van der Waals surface area contributed by atoms with Crippen molar-refractivity contribution in [3.8, 4) is 0 Å². The molecule has 1 aromatic rings. The lowest BCUT2D eigenvalue weighted by Crippen LogP contribution is -2.31. The molecule has 3 rings (SSSR count). The van der Waals surface area contributed by atoms with E-state index in [0.29, 0.717) is 17.6 Å². The van der Waals surface area contributed by atoms with Gasteiger partial charge in [0.05, 0.1) is 6.26 Å². The molecule has 2 atom stereocenters. The highest BCUT2D eigenvalue weighted by atomic mass is 16.3. The summed E-state index contributed by atoms with van der Waals surface area (Å²) >= 11 is 0. The molecule has 4 heteroatoms. The topological polar surface area (TPSA) is 45.5 Å². The normalized spacial score (nSPS) is 27.2. The van der Waals surface area contributed by atoms with Gasteiger partial charge in [-0.2, -0.15) is 0 Å². The SMILES string of the molecule is C=Cc1ccoc1C(=O)N1CC2CNCC2C1. The average Bonchev–Trinajstić information content (AvgIpc) is 3.02. The molecule has 17 heavy (non-hydrogen) atoms. The fourth-order valence-corrected chi connectivity index (χ4v) is 2.82. The monoisotopic (exact) mass is 232 g/mol. The molecule has 0 aromatic carbocycles. The molecule has 2 unspecified atom stereocenters. The summed E-state index contributed by atoms with van der Waals surface area (Å²) in [6.45, 7) is 7.43. The molecule has 0 spiro atoms. The first kappa shape index (κ1) is 10.6. The molecule has 2 aliphatic heterocycles. The second-order valence-corrected chi connectivity index (χ2v) is 4.80. The van der Waals surface area contributed by atoms with Crippen LogP contribution in [0.4, 0.5) is 0 Å². The average molecular weight is 232 g/mol. The van der Waals surface area contributed by atoms with Crippen LogP contribution in [0.2, 0.25) is 0 Å². The number of hydrogen-bond donors (Lipinski definition) is 1. The van der Waals surface area contributed by atoms with Gasteiger partial charge in [-0.3, -0.25) is 4.79 Å². The van der Waals surface area contributed by atoms with Gasteiger partial charge in [0.2, 0.25) is 0 Å². The van der Waals surface area contributed by atoms with Gasteiger partial charge in [-0.15, -0.1) is 0 Å². The Kier molecular flexibility index (Phi) is 2.52. The second-order valence-electron chi connectivity index (χ2n) is 4.80. The summed E-state index contributed by atoms with van der Waals surface area (Å²) in [5, 5.41) is 3.36. The molecule has 1 N–H and O–H groups in total. The summed E-state index contributed by atoms with van der Waals surface area (Å²) < 4.78 is 5.27. The molecule has 90 valence electrons. The first-order chi connectivity index (χ1) is 8.29. The number of nitrogens with zero attached hydrogens (tertiary/aromatic N) is 1. The molecular formula is C13H16N2O2. The van der Waals surface area contributed by atoms with E-state index in [9.17, 15) is 4.79 Å². The number of furan rings is 1.